The summed E-state index contributed by atoms with van der Waals surface area (Å²) in [7, 11) is 0. The summed E-state index contributed by atoms with van der Waals surface area (Å²) < 4.78 is 1.11. The Morgan fingerprint density at radius 2 is 1.28 bits per heavy atom. The lowest BCUT2D eigenvalue weighted by atomic mass is 9.84. The summed E-state index contributed by atoms with van der Waals surface area (Å²) in [5.41, 5.74) is 6.53. The van der Waals surface area contributed by atoms with E-state index in [0.29, 0.717) is 0 Å². The molecule has 1 nitrogen and oxygen atoms in total. The van der Waals surface area contributed by atoms with Crippen molar-refractivity contribution >= 4 is 33.4 Å². The third-order valence-electron chi connectivity index (χ3n) is 5.33. The lowest BCUT2D eigenvalue weighted by Crippen LogP contribution is -2.10. The largest absolute Gasteiger partial charge is 0.381 e. The number of hydrogen-bond acceptors (Lipinski definition) is 2. The van der Waals surface area contributed by atoms with E-state index < -0.39 is 0 Å². The summed E-state index contributed by atoms with van der Waals surface area (Å²) >= 11 is 5.36. The van der Waals surface area contributed by atoms with Gasteiger partial charge >= 0.3 is 0 Å². The lowest BCUT2D eigenvalue weighted by Gasteiger charge is -2.28. The third kappa shape index (κ3) is 3.85. The van der Waals surface area contributed by atoms with Crippen LogP contribution >= 0.6 is 27.7 Å². The van der Waals surface area contributed by atoms with Crippen LogP contribution in [0.15, 0.2) is 111 Å². The quantitative estimate of drug-likeness (QED) is 0.296. The van der Waals surface area contributed by atoms with Gasteiger partial charge < -0.3 is 5.32 Å². The van der Waals surface area contributed by atoms with E-state index in [2.05, 4.69) is 118 Å². The number of benzene rings is 4. The average molecular weight is 458 g/mol. The maximum Gasteiger partial charge on any atom is 0.0400 e. The van der Waals surface area contributed by atoms with Gasteiger partial charge in [0.25, 0.3) is 0 Å². The first-order valence-electron chi connectivity index (χ1n) is 9.72. The maximum absolute atomic E-state index is 3.53. The van der Waals surface area contributed by atoms with Crippen LogP contribution in [0.1, 0.15) is 28.2 Å². The SMILES string of the molecule is Brc1ccc(CNc2ccc(C3c4ccccc4Sc4ccccc43)cc2)cc1. The minimum absolute atomic E-state index is 0.282. The summed E-state index contributed by atoms with van der Waals surface area (Å²) in [5.74, 6) is 0.282. The summed E-state index contributed by atoms with van der Waals surface area (Å²) in [6, 6.07) is 34.9. The number of hydrogen-bond donors (Lipinski definition) is 1. The molecular weight excluding hydrogens is 438 g/mol. The molecule has 4 aromatic rings. The predicted molar refractivity (Wildman–Crippen MR) is 126 cm³/mol. The van der Waals surface area contributed by atoms with Gasteiger partial charge in [0.05, 0.1) is 0 Å². The summed E-state index contributed by atoms with van der Waals surface area (Å²) in [6.45, 7) is 0.818. The highest BCUT2D eigenvalue weighted by Crippen LogP contribution is 2.48. The molecule has 0 atom stereocenters. The van der Waals surface area contributed by atoms with E-state index in [0.717, 1.165) is 16.7 Å². The van der Waals surface area contributed by atoms with Gasteiger partial charge in [-0.1, -0.05) is 88.4 Å². The fraction of sp³-hybridized carbons (Fsp3) is 0.0769. The molecule has 3 heteroatoms. The molecule has 0 fully saturated rings. The molecule has 0 spiro atoms. The van der Waals surface area contributed by atoms with Crippen LogP contribution in [0.4, 0.5) is 5.69 Å². The van der Waals surface area contributed by atoms with E-state index in [1.807, 2.05) is 11.8 Å². The van der Waals surface area contributed by atoms with E-state index in [4.69, 9.17) is 0 Å². The Bertz CT molecular complexity index is 1090. The molecule has 0 bridgehead atoms. The number of rotatable bonds is 4. The van der Waals surface area contributed by atoms with Gasteiger partial charge in [-0.2, -0.15) is 0 Å². The minimum atomic E-state index is 0.282. The van der Waals surface area contributed by atoms with Crippen LogP contribution < -0.4 is 5.32 Å². The Morgan fingerprint density at radius 3 is 1.90 bits per heavy atom. The summed E-state index contributed by atoms with van der Waals surface area (Å²) in [5, 5.41) is 3.53. The molecule has 142 valence electrons. The molecule has 1 heterocycles. The van der Waals surface area contributed by atoms with E-state index in [9.17, 15) is 0 Å². The molecule has 0 amide bonds. The van der Waals surface area contributed by atoms with Gasteiger partial charge in [0.15, 0.2) is 0 Å². The molecule has 0 aliphatic carbocycles. The zero-order valence-corrected chi connectivity index (χ0v) is 18.2. The Labute approximate surface area is 184 Å². The number of anilines is 1. The Morgan fingerprint density at radius 1 is 0.690 bits per heavy atom. The number of halogens is 1. The van der Waals surface area contributed by atoms with Crippen LogP contribution in [0.25, 0.3) is 0 Å². The van der Waals surface area contributed by atoms with Crippen LogP contribution in [0.5, 0.6) is 0 Å². The first-order chi connectivity index (χ1) is 14.3. The van der Waals surface area contributed by atoms with Gasteiger partial charge in [-0.25, -0.2) is 0 Å². The summed E-state index contributed by atoms with van der Waals surface area (Å²) in [4.78, 5) is 2.71. The van der Waals surface area contributed by atoms with Crippen LogP contribution in [0, 0.1) is 0 Å². The maximum atomic E-state index is 3.53. The van der Waals surface area contributed by atoms with Crippen molar-refractivity contribution in [1.29, 1.82) is 0 Å². The van der Waals surface area contributed by atoms with E-state index >= 15 is 0 Å². The van der Waals surface area contributed by atoms with E-state index in [1.165, 1.54) is 32.0 Å². The Hall–Kier alpha value is -2.49. The van der Waals surface area contributed by atoms with Gasteiger partial charge in [0.2, 0.25) is 0 Å². The third-order valence-corrected chi connectivity index (χ3v) is 7.05. The highest BCUT2D eigenvalue weighted by Gasteiger charge is 2.26. The van der Waals surface area contributed by atoms with Gasteiger partial charge in [-0.15, -0.1) is 0 Å². The zero-order valence-electron chi connectivity index (χ0n) is 15.8. The van der Waals surface area contributed by atoms with E-state index in [1.54, 1.807) is 0 Å². The zero-order chi connectivity index (χ0) is 19.6. The summed E-state index contributed by atoms with van der Waals surface area (Å²) in [6.07, 6.45) is 0. The van der Waals surface area contributed by atoms with Crippen molar-refractivity contribution < 1.29 is 0 Å². The van der Waals surface area contributed by atoms with Crippen molar-refractivity contribution in [3.8, 4) is 0 Å². The van der Waals surface area contributed by atoms with Crippen molar-refractivity contribution in [2.75, 3.05) is 5.32 Å². The molecule has 0 aromatic heterocycles. The second kappa shape index (κ2) is 8.10. The standard InChI is InChI=1S/C26H20BrNS/c27-20-13-9-18(10-14-20)17-28-21-15-11-19(12-16-21)26-22-5-1-3-7-24(22)29-25-8-4-2-6-23(25)26/h1-16,26,28H,17H2. The van der Waals surface area contributed by atoms with Crippen LogP contribution in [-0.2, 0) is 6.54 Å². The fourth-order valence-corrected chi connectivity index (χ4v) is 5.27. The fourth-order valence-electron chi connectivity index (χ4n) is 3.87. The molecule has 0 radical (unpaired) electrons. The van der Waals surface area contributed by atoms with Gasteiger partial charge in [0, 0.05) is 32.4 Å². The monoisotopic (exact) mass is 457 g/mol. The lowest BCUT2D eigenvalue weighted by molar-refractivity contribution is 0.902. The highest BCUT2D eigenvalue weighted by molar-refractivity contribution is 9.10. The smallest absolute Gasteiger partial charge is 0.0400 e. The van der Waals surface area contributed by atoms with Crippen molar-refractivity contribution in [1.82, 2.24) is 0 Å². The van der Waals surface area contributed by atoms with Gasteiger partial charge in [-0.3, -0.25) is 0 Å². The molecule has 0 saturated heterocycles. The van der Waals surface area contributed by atoms with E-state index in [-0.39, 0.29) is 5.92 Å². The van der Waals surface area contributed by atoms with Crippen LogP contribution in [-0.4, -0.2) is 0 Å². The number of nitrogens with one attached hydrogen (secondary N) is 1. The predicted octanol–water partition coefficient (Wildman–Crippen LogP) is 7.71. The normalized spacial score (nSPS) is 12.9. The van der Waals surface area contributed by atoms with Crippen molar-refractivity contribution in [3.63, 3.8) is 0 Å². The van der Waals surface area contributed by atoms with Gasteiger partial charge in [0.1, 0.15) is 0 Å². The molecular formula is C26H20BrNS. The Balaban J connectivity index is 1.42. The molecule has 0 unspecified atom stereocenters. The van der Waals surface area contributed by atoms with Crippen molar-refractivity contribution in [2.24, 2.45) is 0 Å². The molecule has 1 aliphatic rings. The average Bonchev–Trinajstić information content (AvgIpc) is 2.77. The molecule has 5 rings (SSSR count). The van der Waals surface area contributed by atoms with Crippen LogP contribution in [0.2, 0.25) is 0 Å². The second-order valence-corrected chi connectivity index (χ2v) is 9.21. The molecule has 1 N–H and O–H groups in total. The number of fused-ring (bicyclic) bond motifs is 2. The van der Waals surface area contributed by atoms with Crippen LogP contribution in [0.3, 0.4) is 0 Å². The molecule has 29 heavy (non-hydrogen) atoms. The minimum Gasteiger partial charge on any atom is -0.381 e. The molecule has 1 aliphatic heterocycles. The van der Waals surface area contributed by atoms with Crippen molar-refractivity contribution in [2.45, 2.75) is 22.3 Å². The Kier molecular flexibility index (Phi) is 5.17. The van der Waals surface area contributed by atoms with Crippen molar-refractivity contribution in [3.05, 3.63) is 124 Å². The highest BCUT2D eigenvalue weighted by atomic mass is 79.9. The first-order valence-corrected chi connectivity index (χ1v) is 11.3. The first kappa shape index (κ1) is 18.5. The molecule has 0 saturated carbocycles. The molecule has 4 aromatic carbocycles. The second-order valence-electron chi connectivity index (χ2n) is 7.21. The topological polar surface area (TPSA) is 12.0 Å². The van der Waals surface area contributed by atoms with Gasteiger partial charge in [-0.05, 0) is 58.7 Å².